The van der Waals surface area contributed by atoms with E-state index < -0.39 is 12.0 Å². The van der Waals surface area contributed by atoms with E-state index in [-0.39, 0.29) is 6.04 Å². The van der Waals surface area contributed by atoms with E-state index in [1.807, 2.05) is 6.07 Å². The fourth-order valence-electron chi connectivity index (χ4n) is 2.29. The van der Waals surface area contributed by atoms with Crippen molar-refractivity contribution >= 4 is 21.9 Å². The molecule has 1 aliphatic rings. The molecule has 2 N–H and O–H groups in total. The maximum absolute atomic E-state index is 10.8. The van der Waals surface area contributed by atoms with Gasteiger partial charge in [-0.1, -0.05) is 22.0 Å². The molecule has 3 nitrogen and oxygen atoms in total. The summed E-state index contributed by atoms with van der Waals surface area (Å²) in [5.74, 6) is -0.786. The third-order valence-electron chi connectivity index (χ3n) is 3.25. The van der Waals surface area contributed by atoms with Crippen molar-refractivity contribution in [3.8, 4) is 0 Å². The highest BCUT2D eigenvalue weighted by Crippen LogP contribution is 2.24. The van der Waals surface area contributed by atoms with Crippen LogP contribution in [-0.2, 0) is 17.6 Å². The van der Waals surface area contributed by atoms with E-state index in [1.165, 1.54) is 11.1 Å². The summed E-state index contributed by atoms with van der Waals surface area (Å²) in [7, 11) is 0. The number of nitrogens with one attached hydrogen (secondary N) is 1. The van der Waals surface area contributed by atoms with Crippen LogP contribution in [0.3, 0.4) is 0 Å². The first-order valence-electron chi connectivity index (χ1n) is 5.82. The van der Waals surface area contributed by atoms with Crippen molar-refractivity contribution in [3.63, 3.8) is 0 Å². The molecule has 2 atom stereocenters. The smallest absolute Gasteiger partial charge is 0.320 e. The average molecular weight is 298 g/mol. The molecule has 0 fully saturated rings. The lowest BCUT2D eigenvalue weighted by molar-refractivity contribution is -0.139. The first-order valence-corrected chi connectivity index (χ1v) is 6.61. The van der Waals surface area contributed by atoms with E-state index in [2.05, 4.69) is 33.4 Å². The van der Waals surface area contributed by atoms with Gasteiger partial charge in [-0.25, -0.2) is 0 Å². The number of benzene rings is 1. The summed E-state index contributed by atoms with van der Waals surface area (Å²) in [6.07, 6.45) is 2.93. The van der Waals surface area contributed by atoms with Crippen molar-refractivity contribution in [2.24, 2.45) is 0 Å². The van der Waals surface area contributed by atoms with Crippen molar-refractivity contribution in [1.29, 1.82) is 0 Å². The number of aryl methyl sites for hydroxylation is 1. The molecule has 0 radical (unpaired) electrons. The lowest BCUT2D eigenvalue weighted by Crippen LogP contribution is -2.44. The molecule has 0 heterocycles. The van der Waals surface area contributed by atoms with Crippen molar-refractivity contribution < 1.29 is 9.90 Å². The summed E-state index contributed by atoms with van der Waals surface area (Å²) >= 11 is 3.47. The van der Waals surface area contributed by atoms with Gasteiger partial charge in [-0.2, -0.15) is 0 Å². The van der Waals surface area contributed by atoms with Crippen LogP contribution in [0.2, 0.25) is 0 Å². The molecule has 0 aromatic heterocycles. The van der Waals surface area contributed by atoms with Crippen LogP contribution in [0.4, 0.5) is 0 Å². The highest BCUT2D eigenvalue weighted by molar-refractivity contribution is 9.10. The van der Waals surface area contributed by atoms with Crippen molar-refractivity contribution in [3.05, 3.63) is 33.8 Å². The fourth-order valence-corrected chi connectivity index (χ4v) is 2.70. The summed E-state index contributed by atoms with van der Waals surface area (Å²) in [5.41, 5.74) is 2.70. The van der Waals surface area contributed by atoms with Gasteiger partial charge < -0.3 is 10.4 Å². The van der Waals surface area contributed by atoms with Gasteiger partial charge in [0.25, 0.3) is 0 Å². The number of carbonyl (C=O) groups is 1. The van der Waals surface area contributed by atoms with Gasteiger partial charge >= 0.3 is 5.97 Å². The van der Waals surface area contributed by atoms with Crippen LogP contribution < -0.4 is 5.32 Å². The number of rotatable bonds is 3. The van der Waals surface area contributed by atoms with E-state index in [0.717, 1.165) is 23.7 Å². The number of hydrogen-bond acceptors (Lipinski definition) is 2. The molecule has 2 unspecified atom stereocenters. The SMILES string of the molecule is CC(NC1CCc2cc(Br)ccc2C1)C(=O)O. The standard InChI is InChI=1S/C13H16BrNO2/c1-8(13(16)17)15-12-5-3-9-6-11(14)4-2-10(9)7-12/h2,4,6,8,12,15H,3,5,7H2,1H3,(H,16,17). The van der Waals surface area contributed by atoms with Gasteiger partial charge in [0.1, 0.15) is 6.04 Å². The molecule has 92 valence electrons. The summed E-state index contributed by atoms with van der Waals surface area (Å²) in [5, 5.41) is 12.0. The van der Waals surface area contributed by atoms with Crippen molar-refractivity contribution in [2.45, 2.75) is 38.3 Å². The van der Waals surface area contributed by atoms with Gasteiger partial charge in [0, 0.05) is 10.5 Å². The second kappa shape index (κ2) is 5.19. The van der Waals surface area contributed by atoms with Gasteiger partial charge in [-0.05, 0) is 49.4 Å². The molecule has 4 heteroatoms. The largest absolute Gasteiger partial charge is 0.480 e. The van der Waals surface area contributed by atoms with E-state index in [0.29, 0.717) is 0 Å². The predicted molar refractivity (Wildman–Crippen MR) is 70.2 cm³/mol. The summed E-state index contributed by atoms with van der Waals surface area (Å²) in [6.45, 7) is 1.69. The van der Waals surface area contributed by atoms with Crippen molar-refractivity contribution in [2.75, 3.05) is 0 Å². The second-order valence-corrected chi connectivity index (χ2v) is 5.50. The Morgan fingerprint density at radius 2 is 2.29 bits per heavy atom. The highest BCUT2D eigenvalue weighted by atomic mass is 79.9. The Morgan fingerprint density at radius 1 is 1.53 bits per heavy atom. The zero-order valence-electron chi connectivity index (χ0n) is 9.74. The van der Waals surface area contributed by atoms with Crippen molar-refractivity contribution in [1.82, 2.24) is 5.32 Å². The average Bonchev–Trinajstić information content (AvgIpc) is 2.29. The van der Waals surface area contributed by atoms with Gasteiger partial charge in [0.05, 0.1) is 0 Å². The van der Waals surface area contributed by atoms with Crippen LogP contribution in [0.5, 0.6) is 0 Å². The molecule has 0 saturated heterocycles. The van der Waals surface area contributed by atoms with Crippen LogP contribution >= 0.6 is 15.9 Å². The van der Waals surface area contributed by atoms with E-state index in [1.54, 1.807) is 6.92 Å². The Labute approximate surface area is 109 Å². The topological polar surface area (TPSA) is 49.3 Å². The Bertz CT molecular complexity index is 433. The molecule has 0 amide bonds. The van der Waals surface area contributed by atoms with Crippen LogP contribution in [0.15, 0.2) is 22.7 Å². The molecular weight excluding hydrogens is 282 g/mol. The molecule has 1 aromatic carbocycles. The molecule has 0 spiro atoms. The molecule has 0 aliphatic heterocycles. The summed E-state index contributed by atoms with van der Waals surface area (Å²) < 4.78 is 1.11. The third-order valence-corrected chi connectivity index (χ3v) is 3.75. The first-order chi connectivity index (χ1) is 8.06. The Hall–Kier alpha value is -0.870. The zero-order valence-corrected chi connectivity index (χ0v) is 11.3. The van der Waals surface area contributed by atoms with Crippen LogP contribution in [0.25, 0.3) is 0 Å². The number of halogens is 1. The van der Waals surface area contributed by atoms with Crippen LogP contribution in [0.1, 0.15) is 24.5 Å². The minimum Gasteiger partial charge on any atom is -0.480 e. The maximum atomic E-state index is 10.8. The van der Waals surface area contributed by atoms with Gasteiger partial charge in [0.15, 0.2) is 0 Å². The Balaban J connectivity index is 2.04. The molecule has 0 saturated carbocycles. The number of carboxylic acids is 1. The normalized spacial score (nSPS) is 20.7. The monoisotopic (exact) mass is 297 g/mol. The molecule has 1 aromatic rings. The lowest BCUT2D eigenvalue weighted by Gasteiger charge is -2.27. The second-order valence-electron chi connectivity index (χ2n) is 4.58. The number of hydrogen-bond donors (Lipinski definition) is 2. The Kier molecular flexibility index (Phi) is 3.84. The summed E-state index contributed by atoms with van der Waals surface area (Å²) in [6, 6.07) is 6.12. The van der Waals surface area contributed by atoms with Crippen LogP contribution in [0, 0.1) is 0 Å². The molecule has 17 heavy (non-hydrogen) atoms. The van der Waals surface area contributed by atoms with Crippen LogP contribution in [-0.4, -0.2) is 23.2 Å². The minimum absolute atomic E-state index is 0.273. The highest BCUT2D eigenvalue weighted by Gasteiger charge is 2.22. The van der Waals surface area contributed by atoms with Gasteiger partial charge in [0.2, 0.25) is 0 Å². The third kappa shape index (κ3) is 3.07. The molecule has 1 aliphatic carbocycles. The molecule has 2 rings (SSSR count). The number of aliphatic carboxylic acids is 1. The quantitative estimate of drug-likeness (QED) is 0.900. The number of fused-ring (bicyclic) bond motifs is 1. The Morgan fingerprint density at radius 3 is 3.00 bits per heavy atom. The number of carboxylic acid groups (broad SMARTS) is 1. The minimum atomic E-state index is -0.786. The predicted octanol–water partition coefficient (Wildman–Crippen LogP) is 2.37. The van der Waals surface area contributed by atoms with Gasteiger partial charge in [-0.3, -0.25) is 4.79 Å². The molecule has 0 bridgehead atoms. The van der Waals surface area contributed by atoms with E-state index >= 15 is 0 Å². The maximum Gasteiger partial charge on any atom is 0.320 e. The zero-order chi connectivity index (χ0) is 12.4. The summed E-state index contributed by atoms with van der Waals surface area (Å²) in [4.78, 5) is 10.8. The first kappa shape index (κ1) is 12.6. The lowest BCUT2D eigenvalue weighted by atomic mass is 9.88. The fraction of sp³-hybridized carbons (Fsp3) is 0.462. The van der Waals surface area contributed by atoms with E-state index in [9.17, 15) is 4.79 Å². The van der Waals surface area contributed by atoms with Gasteiger partial charge in [-0.15, -0.1) is 0 Å². The van der Waals surface area contributed by atoms with E-state index in [4.69, 9.17) is 5.11 Å². The molecular formula is C13H16BrNO2.